The second kappa shape index (κ2) is 2.86. The molecule has 1 aliphatic rings. The van der Waals surface area contributed by atoms with Gasteiger partial charge in [0.15, 0.2) is 0 Å². The molecule has 0 radical (unpaired) electrons. The van der Waals surface area contributed by atoms with Crippen molar-refractivity contribution in [1.29, 1.82) is 0 Å². The third-order valence-electron chi connectivity index (χ3n) is 3.08. The number of furan rings is 1. The molecular formula is C10H15NO2. The SMILES string of the molecule is CC1Cc2cocc2C1(O)CCN. The maximum absolute atomic E-state index is 10.4. The molecule has 1 heterocycles. The lowest BCUT2D eigenvalue weighted by molar-refractivity contribution is -0.0113. The number of hydrogen-bond donors (Lipinski definition) is 2. The summed E-state index contributed by atoms with van der Waals surface area (Å²) < 4.78 is 5.08. The zero-order chi connectivity index (χ0) is 9.47. The maximum Gasteiger partial charge on any atom is 0.0970 e. The molecule has 2 unspecified atom stereocenters. The average Bonchev–Trinajstić information content (AvgIpc) is 2.59. The molecule has 2 rings (SSSR count). The minimum Gasteiger partial charge on any atom is -0.472 e. The molecule has 0 amide bonds. The van der Waals surface area contributed by atoms with Gasteiger partial charge in [-0.15, -0.1) is 0 Å². The molecule has 0 spiro atoms. The predicted molar refractivity (Wildman–Crippen MR) is 49.1 cm³/mol. The Bertz CT molecular complexity index is 308. The van der Waals surface area contributed by atoms with E-state index in [-0.39, 0.29) is 5.92 Å². The zero-order valence-corrected chi connectivity index (χ0v) is 7.79. The Labute approximate surface area is 77.5 Å². The van der Waals surface area contributed by atoms with Crippen molar-refractivity contribution in [1.82, 2.24) is 0 Å². The van der Waals surface area contributed by atoms with Crippen LogP contribution in [0.15, 0.2) is 16.9 Å². The van der Waals surface area contributed by atoms with Crippen LogP contribution in [0.1, 0.15) is 24.5 Å². The first-order chi connectivity index (χ1) is 6.18. The molecule has 3 nitrogen and oxygen atoms in total. The van der Waals surface area contributed by atoms with E-state index in [0.29, 0.717) is 13.0 Å². The molecule has 0 saturated carbocycles. The summed E-state index contributed by atoms with van der Waals surface area (Å²) in [6.45, 7) is 2.56. The Morgan fingerprint density at radius 2 is 2.46 bits per heavy atom. The first kappa shape index (κ1) is 8.78. The molecule has 0 fully saturated rings. The van der Waals surface area contributed by atoms with Crippen LogP contribution in [0.3, 0.4) is 0 Å². The second-order valence-corrected chi connectivity index (χ2v) is 3.88. The van der Waals surface area contributed by atoms with Crippen molar-refractivity contribution in [3.8, 4) is 0 Å². The topological polar surface area (TPSA) is 59.4 Å². The summed E-state index contributed by atoms with van der Waals surface area (Å²) in [7, 11) is 0. The van der Waals surface area contributed by atoms with Crippen LogP contribution in [0.2, 0.25) is 0 Å². The van der Waals surface area contributed by atoms with Crippen LogP contribution < -0.4 is 5.73 Å². The smallest absolute Gasteiger partial charge is 0.0970 e. The van der Waals surface area contributed by atoms with Crippen molar-refractivity contribution in [2.24, 2.45) is 11.7 Å². The highest BCUT2D eigenvalue weighted by Gasteiger charge is 2.43. The van der Waals surface area contributed by atoms with E-state index < -0.39 is 5.60 Å². The van der Waals surface area contributed by atoms with Gasteiger partial charge in [-0.3, -0.25) is 0 Å². The molecule has 0 aromatic carbocycles. The normalized spacial score (nSPS) is 32.1. The number of fused-ring (bicyclic) bond motifs is 1. The molecule has 0 saturated heterocycles. The van der Waals surface area contributed by atoms with Crippen LogP contribution in [0.25, 0.3) is 0 Å². The van der Waals surface area contributed by atoms with Gasteiger partial charge in [-0.2, -0.15) is 0 Å². The van der Waals surface area contributed by atoms with Gasteiger partial charge in [0.25, 0.3) is 0 Å². The van der Waals surface area contributed by atoms with E-state index in [1.807, 2.05) is 0 Å². The van der Waals surface area contributed by atoms with Crippen LogP contribution in [0, 0.1) is 5.92 Å². The second-order valence-electron chi connectivity index (χ2n) is 3.88. The quantitative estimate of drug-likeness (QED) is 0.715. The lowest BCUT2D eigenvalue weighted by Crippen LogP contribution is -2.32. The highest BCUT2D eigenvalue weighted by atomic mass is 16.3. The van der Waals surface area contributed by atoms with Crippen molar-refractivity contribution >= 4 is 0 Å². The Kier molecular flexibility index (Phi) is 1.93. The lowest BCUT2D eigenvalue weighted by Gasteiger charge is -2.27. The lowest BCUT2D eigenvalue weighted by atomic mass is 9.86. The molecule has 0 bridgehead atoms. The summed E-state index contributed by atoms with van der Waals surface area (Å²) in [6, 6.07) is 0. The fourth-order valence-corrected chi connectivity index (χ4v) is 2.23. The van der Waals surface area contributed by atoms with Crippen molar-refractivity contribution in [2.75, 3.05) is 6.54 Å². The van der Waals surface area contributed by atoms with Crippen molar-refractivity contribution < 1.29 is 9.52 Å². The fourth-order valence-electron chi connectivity index (χ4n) is 2.23. The monoisotopic (exact) mass is 181 g/mol. The largest absolute Gasteiger partial charge is 0.472 e. The van der Waals surface area contributed by atoms with Gasteiger partial charge in [0.05, 0.1) is 18.1 Å². The summed E-state index contributed by atoms with van der Waals surface area (Å²) in [4.78, 5) is 0. The fraction of sp³-hybridized carbons (Fsp3) is 0.600. The maximum atomic E-state index is 10.4. The number of rotatable bonds is 2. The third-order valence-corrected chi connectivity index (χ3v) is 3.08. The van der Waals surface area contributed by atoms with Gasteiger partial charge < -0.3 is 15.3 Å². The van der Waals surface area contributed by atoms with Crippen molar-refractivity contribution in [2.45, 2.75) is 25.4 Å². The van der Waals surface area contributed by atoms with E-state index in [1.165, 1.54) is 0 Å². The Morgan fingerprint density at radius 1 is 1.69 bits per heavy atom. The van der Waals surface area contributed by atoms with E-state index in [0.717, 1.165) is 17.5 Å². The first-order valence-corrected chi connectivity index (χ1v) is 4.66. The van der Waals surface area contributed by atoms with Crippen LogP contribution in [0.4, 0.5) is 0 Å². The molecule has 1 aromatic rings. The number of hydrogen-bond acceptors (Lipinski definition) is 3. The summed E-state index contributed by atoms with van der Waals surface area (Å²) in [6.07, 6.45) is 4.87. The highest BCUT2D eigenvalue weighted by Crippen LogP contribution is 2.43. The molecule has 13 heavy (non-hydrogen) atoms. The van der Waals surface area contributed by atoms with Crippen molar-refractivity contribution in [3.63, 3.8) is 0 Å². The molecule has 3 N–H and O–H groups in total. The van der Waals surface area contributed by atoms with E-state index in [2.05, 4.69) is 6.92 Å². The Balaban J connectivity index is 2.38. The summed E-state index contributed by atoms with van der Waals surface area (Å²) in [5.41, 5.74) is 6.80. The van der Waals surface area contributed by atoms with Crippen LogP contribution in [-0.4, -0.2) is 11.7 Å². The van der Waals surface area contributed by atoms with Gasteiger partial charge in [-0.25, -0.2) is 0 Å². The molecule has 72 valence electrons. The van der Waals surface area contributed by atoms with Gasteiger partial charge in [-0.05, 0) is 30.9 Å². The first-order valence-electron chi connectivity index (χ1n) is 4.66. The molecule has 3 heteroatoms. The summed E-state index contributed by atoms with van der Waals surface area (Å²) in [5.74, 6) is 0.248. The van der Waals surface area contributed by atoms with Gasteiger partial charge >= 0.3 is 0 Å². The average molecular weight is 181 g/mol. The number of aliphatic hydroxyl groups is 1. The number of nitrogens with two attached hydrogens (primary N) is 1. The van der Waals surface area contributed by atoms with Gasteiger partial charge in [0.1, 0.15) is 0 Å². The predicted octanol–water partition coefficient (Wildman–Crippen LogP) is 1.01. The van der Waals surface area contributed by atoms with E-state index in [4.69, 9.17) is 10.2 Å². The van der Waals surface area contributed by atoms with Crippen molar-refractivity contribution in [3.05, 3.63) is 23.7 Å². The Hall–Kier alpha value is -0.800. The molecular weight excluding hydrogens is 166 g/mol. The van der Waals surface area contributed by atoms with Gasteiger partial charge in [-0.1, -0.05) is 6.92 Å². The van der Waals surface area contributed by atoms with Crippen LogP contribution in [0.5, 0.6) is 0 Å². The third kappa shape index (κ3) is 1.11. The molecule has 1 aliphatic carbocycles. The van der Waals surface area contributed by atoms with Crippen LogP contribution in [-0.2, 0) is 12.0 Å². The molecule has 2 atom stereocenters. The van der Waals surface area contributed by atoms with E-state index >= 15 is 0 Å². The van der Waals surface area contributed by atoms with E-state index in [1.54, 1.807) is 12.5 Å². The minimum absolute atomic E-state index is 0.248. The van der Waals surface area contributed by atoms with Gasteiger partial charge in [0, 0.05) is 5.56 Å². The standard InChI is InChI=1S/C10H15NO2/c1-7-4-8-5-13-6-9(8)10(7,12)2-3-11/h5-7,12H,2-4,11H2,1H3. The van der Waals surface area contributed by atoms with Crippen LogP contribution >= 0.6 is 0 Å². The minimum atomic E-state index is -0.753. The van der Waals surface area contributed by atoms with E-state index in [9.17, 15) is 5.11 Å². The molecule has 0 aliphatic heterocycles. The zero-order valence-electron chi connectivity index (χ0n) is 7.79. The Morgan fingerprint density at radius 3 is 3.15 bits per heavy atom. The highest BCUT2D eigenvalue weighted by molar-refractivity contribution is 5.34. The van der Waals surface area contributed by atoms with Gasteiger partial charge in [0.2, 0.25) is 0 Å². The summed E-state index contributed by atoms with van der Waals surface area (Å²) >= 11 is 0. The summed E-state index contributed by atoms with van der Waals surface area (Å²) in [5, 5.41) is 10.4. The molecule has 1 aromatic heterocycles.